The van der Waals surface area contributed by atoms with Gasteiger partial charge in [-0.05, 0) is 57.2 Å². The van der Waals surface area contributed by atoms with Gasteiger partial charge in [-0.3, -0.25) is 9.59 Å². The Morgan fingerprint density at radius 1 is 1.09 bits per heavy atom. The van der Waals surface area contributed by atoms with Gasteiger partial charge in [0.1, 0.15) is 0 Å². The zero-order valence-electron chi connectivity index (χ0n) is 14.4. The standard InChI is InChI=1S/C17H26N4O2/c1-19(2)14-7-5-13(6-8-14)18-16(22)17(23)21(4)15-9-11-20(3)12-10-15/h5-8,15H,9-12H2,1-4H3,(H,18,22). The quantitative estimate of drug-likeness (QED) is 0.852. The third-order valence-corrected chi connectivity index (χ3v) is 4.39. The Kier molecular flexibility index (Phi) is 5.60. The van der Waals surface area contributed by atoms with Gasteiger partial charge in [-0.25, -0.2) is 0 Å². The van der Waals surface area contributed by atoms with Crippen LogP contribution in [-0.4, -0.2) is 68.9 Å². The minimum absolute atomic E-state index is 0.139. The molecule has 1 N–H and O–H groups in total. The van der Waals surface area contributed by atoms with E-state index >= 15 is 0 Å². The number of carbonyl (C=O) groups excluding carboxylic acids is 2. The van der Waals surface area contributed by atoms with Crippen LogP contribution in [0.1, 0.15) is 12.8 Å². The monoisotopic (exact) mass is 318 g/mol. The Labute approximate surface area is 138 Å². The van der Waals surface area contributed by atoms with Gasteiger partial charge in [-0.15, -0.1) is 0 Å². The second-order valence-corrected chi connectivity index (χ2v) is 6.35. The second kappa shape index (κ2) is 7.46. The maximum Gasteiger partial charge on any atom is 0.313 e. The van der Waals surface area contributed by atoms with E-state index in [1.807, 2.05) is 31.1 Å². The smallest absolute Gasteiger partial charge is 0.313 e. The average Bonchev–Trinajstić information content (AvgIpc) is 2.54. The van der Waals surface area contributed by atoms with Crippen molar-refractivity contribution in [2.24, 2.45) is 0 Å². The number of hydrogen-bond donors (Lipinski definition) is 1. The highest BCUT2D eigenvalue weighted by atomic mass is 16.2. The van der Waals surface area contributed by atoms with Gasteiger partial charge < -0.3 is 20.0 Å². The highest BCUT2D eigenvalue weighted by molar-refractivity contribution is 6.39. The summed E-state index contributed by atoms with van der Waals surface area (Å²) < 4.78 is 0. The summed E-state index contributed by atoms with van der Waals surface area (Å²) in [5.41, 5.74) is 1.67. The number of carbonyl (C=O) groups is 2. The summed E-state index contributed by atoms with van der Waals surface area (Å²) in [6, 6.07) is 7.55. The lowest BCUT2D eigenvalue weighted by atomic mass is 10.0. The summed E-state index contributed by atoms with van der Waals surface area (Å²) in [5.74, 6) is -1.06. The fourth-order valence-corrected chi connectivity index (χ4v) is 2.74. The predicted octanol–water partition coefficient (Wildman–Crippen LogP) is 1.24. The van der Waals surface area contributed by atoms with E-state index in [1.165, 1.54) is 0 Å². The molecule has 0 aliphatic carbocycles. The number of likely N-dealkylation sites (tertiary alicyclic amines) is 1. The maximum absolute atomic E-state index is 12.3. The third kappa shape index (κ3) is 4.45. The van der Waals surface area contributed by atoms with Gasteiger partial charge >= 0.3 is 11.8 Å². The number of anilines is 2. The number of piperidine rings is 1. The molecule has 0 atom stereocenters. The molecule has 0 spiro atoms. The molecule has 6 heteroatoms. The van der Waals surface area contributed by atoms with Crippen LogP contribution in [0.2, 0.25) is 0 Å². The molecule has 1 aromatic rings. The summed E-state index contributed by atoms with van der Waals surface area (Å²) in [6.07, 6.45) is 1.81. The largest absolute Gasteiger partial charge is 0.378 e. The summed E-state index contributed by atoms with van der Waals surface area (Å²) in [6.45, 7) is 1.91. The molecule has 2 amide bonds. The van der Waals surface area contributed by atoms with Crippen LogP contribution in [0.25, 0.3) is 0 Å². The molecule has 6 nitrogen and oxygen atoms in total. The topological polar surface area (TPSA) is 55.9 Å². The van der Waals surface area contributed by atoms with Gasteiger partial charge in [0.05, 0.1) is 0 Å². The number of nitrogens with one attached hydrogen (secondary N) is 1. The molecule has 0 saturated carbocycles. The summed E-state index contributed by atoms with van der Waals surface area (Å²) in [4.78, 5) is 30.2. The molecule has 0 bridgehead atoms. The van der Waals surface area contributed by atoms with E-state index in [0.717, 1.165) is 31.6 Å². The normalized spacial score (nSPS) is 16.0. The zero-order valence-corrected chi connectivity index (χ0v) is 14.4. The van der Waals surface area contributed by atoms with E-state index in [0.29, 0.717) is 5.69 Å². The first kappa shape index (κ1) is 17.3. The lowest BCUT2D eigenvalue weighted by molar-refractivity contribution is -0.144. The van der Waals surface area contributed by atoms with Crippen LogP contribution in [0, 0.1) is 0 Å². The zero-order chi connectivity index (χ0) is 17.0. The molecule has 2 rings (SSSR count). The minimum Gasteiger partial charge on any atom is -0.378 e. The number of amides is 2. The molecule has 1 heterocycles. The SMILES string of the molecule is CN1CCC(N(C)C(=O)C(=O)Nc2ccc(N(C)C)cc2)CC1. The van der Waals surface area contributed by atoms with Crippen molar-refractivity contribution in [3.05, 3.63) is 24.3 Å². The van der Waals surface area contributed by atoms with Gasteiger partial charge in [0.2, 0.25) is 0 Å². The first-order chi connectivity index (χ1) is 10.9. The van der Waals surface area contributed by atoms with Gasteiger partial charge in [0, 0.05) is 38.6 Å². The van der Waals surface area contributed by atoms with Crippen molar-refractivity contribution < 1.29 is 9.59 Å². The van der Waals surface area contributed by atoms with Crippen molar-refractivity contribution >= 4 is 23.2 Å². The summed E-state index contributed by atoms with van der Waals surface area (Å²) in [7, 11) is 7.69. The Morgan fingerprint density at radius 2 is 1.65 bits per heavy atom. The number of rotatable bonds is 3. The predicted molar refractivity (Wildman–Crippen MR) is 92.7 cm³/mol. The van der Waals surface area contributed by atoms with Crippen LogP contribution in [-0.2, 0) is 9.59 Å². The molecule has 126 valence electrons. The van der Waals surface area contributed by atoms with Crippen molar-refractivity contribution in [2.45, 2.75) is 18.9 Å². The first-order valence-electron chi connectivity index (χ1n) is 7.92. The van der Waals surface area contributed by atoms with Crippen molar-refractivity contribution in [3.63, 3.8) is 0 Å². The Hall–Kier alpha value is -2.08. The van der Waals surface area contributed by atoms with Crippen LogP contribution in [0.5, 0.6) is 0 Å². The highest BCUT2D eigenvalue weighted by Gasteiger charge is 2.27. The first-order valence-corrected chi connectivity index (χ1v) is 7.92. The second-order valence-electron chi connectivity index (χ2n) is 6.35. The van der Waals surface area contributed by atoms with E-state index in [4.69, 9.17) is 0 Å². The lowest BCUT2D eigenvalue weighted by Crippen LogP contribution is -2.47. The van der Waals surface area contributed by atoms with Crippen LogP contribution < -0.4 is 10.2 Å². The summed E-state index contributed by atoms with van der Waals surface area (Å²) in [5, 5.41) is 2.68. The molecule has 0 unspecified atom stereocenters. The van der Waals surface area contributed by atoms with Crippen LogP contribution in [0.3, 0.4) is 0 Å². The Morgan fingerprint density at radius 3 is 2.17 bits per heavy atom. The van der Waals surface area contributed by atoms with E-state index < -0.39 is 11.8 Å². The van der Waals surface area contributed by atoms with Crippen LogP contribution in [0.4, 0.5) is 11.4 Å². The van der Waals surface area contributed by atoms with Gasteiger partial charge in [0.15, 0.2) is 0 Å². The minimum atomic E-state index is -0.580. The summed E-state index contributed by atoms with van der Waals surface area (Å²) >= 11 is 0. The number of hydrogen-bond acceptors (Lipinski definition) is 4. The fourth-order valence-electron chi connectivity index (χ4n) is 2.74. The number of likely N-dealkylation sites (N-methyl/N-ethyl adjacent to an activating group) is 1. The number of benzene rings is 1. The molecule has 1 saturated heterocycles. The van der Waals surface area contributed by atoms with E-state index in [9.17, 15) is 9.59 Å². The van der Waals surface area contributed by atoms with E-state index in [-0.39, 0.29) is 6.04 Å². The molecular formula is C17H26N4O2. The fraction of sp³-hybridized carbons (Fsp3) is 0.529. The third-order valence-electron chi connectivity index (χ3n) is 4.39. The van der Waals surface area contributed by atoms with Gasteiger partial charge in [-0.2, -0.15) is 0 Å². The maximum atomic E-state index is 12.3. The number of nitrogens with zero attached hydrogens (tertiary/aromatic N) is 3. The van der Waals surface area contributed by atoms with Gasteiger partial charge in [0.25, 0.3) is 0 Å². The van der Waals surface area contributed by atoms with E-state index in [2.05, 4.69) is 17.3 Å². The molecule has 0 radical (unpaired) electrons. The Bertz CT molecular complexity index is 548. The van der Waals surface area contributed by atoms with Crippen molar-refractivity contribution in [1.82, 2.24) is 9.80 Å². The molecule has 1 aliphatic rings. The molecular weight excluding hydrogens is 292 g/mol. The molecule has 0 aromatic heterocycles. The van der Waals surface area contributed by atoms with Crippen LogP contribution >= 0.6 is 0 Å². The van der Waals surface area contributed by atoms with Crippen molar-refractivity contribution in [3.8, 4) is 0 Å². The van der Waals surface area contributed by atoms with Crippen LogP contribution in [0.15, 0.2) is 24.3 Å². The van der Waals surface area contributed by atoms with Crippen molar-refractivity contribution in [1.29, 1.82) is 0 Å². The van der Waals surface area contributed by atoms with Crippen molar-refractivity contribution in [2.75, 3.05) is 51.5 Å². The molecule has 1 aromatic carbocycles. The lowest BCUT2D eigenvalue weighted by Gasteiger charge is -2.34. The average molecular weight is 318 g/mol. The van der Waals surface area contributed by atoms with Gasteiger partial charge in [-0.1, -0.05) is 0 Å². The molecule has 23 heavy (non-hydrogen) atoms. The molecule has 1 aliphatic heterocycles. The highest BCUT2D eigenvalue weighted by Crippen LogP contribution is 2.17. The molecule has 1 fully saturated rings. The Balaban J connectivity index is 1.92. The van der Waals surface area contributed by atoms with E-state index in [1.54, 1.807) is 24.1 Å².